The Labute approximate surface area is 180 Å². The van der Waals surface area contributed by atoms with Gasteiger partial charge in [-0.25, -0.2) is 0 Å². The summed E-state index contributed by atoms with van der Waals surface area (Å²) in [5, 5.41) is 8.53. The van der Waals surface area contributed by atoms with Gasteiger partial charge in [0.25, 0.3) is 0 Å². The van der Waals surface area contributed by atoms with Crippen molar-refractivity contribution >= 4 is 40.8 Å². The summed E-state index contributed by atoms with van der Waals surface area (Å²) < 4.78 is 1.84. The molecule has 4 nitrogen and oxygen atoms in total. The van der Waals surface area contributed by atoms with Gasteiger partial charge in [0.05, 0.1) is 5.75 Å². The average molecular weight is 436 g/mol. The van der Waals surface area contributed by atoms with Crippen LogP contribution in [0, 0.1) is 11.8 Å². The Morgan fingerprint density at radius 2 is 1.71 bits per heavy atom. The van der Waals surface area contributed by atoms with Gasteiger partial charge >= 0.3 is 0 Å². The molecule has 1 saturated heterocycles. The lowest BCUT2D eigenvalue weighted by atomic mass is 9.92. The van der Waals surface area contributed by atoms with E-state index >= 15 is 0 Å². The summed E-state index contributed by atoms with van der Waals surface area (Å²) in [6.45, 7) is 10.7. The molecule has 0 aliphatic carbocycles. The minimum atomic E-state index is 0.220. The number of hydrogen-bond acceptors (Lipinski definition) is 6. The molecule has 1 aliphatic rings. The minimum Gasteiger partial charge on any atom is -0.341 e. The fourth-order valence-electron chi connectivity index (χ4n) is 3.54. The van der Waals surface area contributed by atoms with E-state index in [4.69, 9.17) is 0 Å². The molecule has 0 saturated carbocycles. The van der Waals surface area contributed by atoms with Crippen molar-refractivity contribution in [3.05, 3.63) is 35.4 Å². The van der Waals surface area contributed by atoms with Gasteiger partial charge in [-0.05, 0) is 35.3 Å². The van der Waals surface area contributed by atoms with Crippen molar-refractivity contribution in [1.82, 2.24) is 15.1 Å². The van der Waals surface area contributed by atoms with E-state index in [9.17, 15) is 4.79 Å². The summed E-state index contributed by atoms with van der Waals surface area (Å²) in [4.78, 5) is 14.5. The maximum absolute atomic E-state index is 12.5. The SMILES string of the molecule is CC1CC(C)CN(C(=O)CSc2nnc(SCc3ccc(C(C)C)cc3)s2)C1. The second-order valence-electron chi connectivity index (χ2n) is 8.05. The average Bonchev–Trinajstić information content (AvgIpc) is 3.12. The first kappa shape index (κ1) is 21.7. The molecule has 0 bridgehead atoms. The van der Waals surface area contributed by atoms with Crippen LogP contribution in [0.2, 0.25) is 0 Å². The fourth-order valence-corrected chi connectivity index (χ4v) is 6.42. The van der Waals surface area contributed by atoms with Gasteiger partial charge < -0.3 is 4.90 Å². The first-order chi connectivity index (χ1) is 13.4. The second kappa shape index (κ2) is 10.1. The number of aromatic nitrogens is 2. The van der Waals surface area contributed by atoms with Gasteiger partial charge in [-0.2, -0.15) is 0 Å². The summed E-state index contributed by atoms with van der Waals surface area (Å²) in [5.74, 6) is 3.31. The number of carbonyl (C=O) groups is 1. The van der Waals surface area contributed by atoms with Crippen molar-refractivity contribution in [3.8, 4) is 0 Å². The van der Waals surface area contributed by atoms with Gasteiger partial charge in [-0.1, -0.05) is 86.8 Å². The second-order valence-corrected chi connectivity index (χ2v) is 11.5. The number of benzene rings is 1. The van der Waals surface area contributed by atoms with Crippen LogP contribution in [-0.4, -0.2) is 39.8 Å². The van der Waals surface area contributed by atoms with Crippen LogP contribution >= 0.6 is 34.9 Å². The van der Waals surface area contributed by atoms with E-state index < -0.39 is 0 Å². The molecule has 2 aromatic rings. The Bertz CT molecular complexity index is 765. The lowest BCUT2D eigenvalue weighted by molar-refractivity contribution is -0.130. The predicted molar refractivity (Wildman–Crippen MR) is 120 cm³/mol. The summed E-state index contributed by atoms with van der Waals surface area (Å²) >= 11 is 4.80. The number of amides is 1. The predicted octanol–water partition coefficient (Wildman–Crippen LogP) is 5.55. The molecule has 0 N–H and O–H groups in total. The molecule has 0 radical (unpaired) electrons. The molecule has 1 aromatic heterocycles. The van der Waals surface area contributed by atoms with Crippen molar-refractivity contribution in [1.29, 1.82) is 0 Å². The zero-order valence-electron chi connectivity index (χ0n) is 17.1. The molecule has 28 heavy (non-hydrogen) atoms. The third-order valence-corrected chi connectivity index (χ3v) is 8.18. The highest BCUT2D eigenvalue weighted by Gasteiger charge is 2.25. The van der Waals surface area contributed by atoms with E-state index in [1.54, 1.807) is 23.1 Å². The topological polar surface area (TPSA) is 46.1 Å². The fraction of sp³-hybridized carbons (Fsp3) is 0.571. The Morgan fingerprint density at radius 1 is 1.11 bits per heavy atom. The summed E-state index contributed by atoms with van der Waals surface area (Å²) in [7, 11) is 0. The number of thioether (sulfide) groups is 2. The van der Waals surface area contributed by atoms with Crippen LogP contribution in [-0.2, 0) is 10.5 Å². The highest BCUT2D eigenvalue weighted by Crippen LogP contribution is 2.31. The monoisotopic (exact) mass is 435 g/mol. The van der Waals surface area contributed by atoms with Crippen molar-refractivity contribution in [2.45, 2.75) is 54.5 Å². The third kappa shape index (κ3) is 6.22. The van der Waals surface area contributed by atoms with Crippen LogP contribution in [0.15, 0.2) is 32.9 Å². The Hall–Kier alpha value is -1.05. The maximum Gasteiger partial charge on any atom is 0.233 e. The molecule has 1 amide bonds. The molecule has 3 rings (SSSR count). The van der Waals surface area contributed by atoms with Gasteiger partial charge in [-0.3, -0.25) is 4.79 Å². The number of nitrogens with zero attached hydrogens (tertiary/aromatic N) is 3. The van der Waals surface area contributed by atoms with Crippen LogP contribution < -0.4 is 0 Å². The highest BCUT2D eigenvalue weighted by molar-refractivity contribution is 8.03. The quantitative estimate of drug-likeness (QED) is 0.534. The first-order valence-electron chi connectivity index (χ1n) is 9.86. The molecule has 2 atom stereocenters. The van der Waals surface area contributed by atoms with Crippen LogP contribution in [0.5, 0.6) is 0 Å². The third-order valence-electron chi connectivity index (χ3n) is 4.94. The van der Waals surface area contributed by atoms with Gasteiger partial charge in [0, 0.05) is 18.8 Å². The molecule has 152 valence electrons. The number of piperidine rings is 1. The zero-order valence-corrected chi connectivity index (χ0v) is 19.5. The summed E-state index contributed by atoms with van der Waals surface area (Å²) in [6.07, 6.45) is 1.22. The zero-order chi connectivity index (χ0) is 20.1. The molecular formula is C21H29N3OS3. The van der Waals surface area contributed by atoms with E-state index in [2.05, 4.69) is 62.2 Å². The summed E-state index contributed by atoms with van der Waals surface area (Å²) in [6, 6.07) is 8.79. The largest absolute Gasteiger partial charge is 0.341 e. The van der Waals surface area contributed by atoms with Crippen molar-refractivity contribution in [3.63, 3.8) is 0 Å². The molecular weight excluding hydrogens is 406 g/mol. The van der Waals surface area contributed by atoms with Crippen LogP contribution in [0.25, 0.3) is 0 Å². The first-order valence-corrected chi connectivity index (χ1v) is 12.6. The van der Waals surface area contributed by atoms with E-state index in [-0.39, 0.29) is 5.91 Å². The standard InChI is InChI=1S/C21H29N3OS3/c1-14(2)18-7-5-17(6-8-18)12-26-20-22-23-21(28-20)27-13-19(25)24-10-15(3)9-16(4)11-24/h5-8,14-16H,9-13H2,1-4H3. The van der Waals surface area contributed by atoms with E-state index in [1.807, 2.05) is 4.90 Å². The molecule has 1 aromatic carbocycles. The van der Waals surface area contributed by atoms with E-state index in [0.717, 1.165) is 27.5 Å². The molecule has 7 heteroatoms. The number of carbonyl (C=O) groups excluding carboxylic acids is 1. The normalized spacial score (nSPS) is 20.0. The highest BCUT2D eigenvalue weighted by atomic mass is 32.2. The van der Waals surface area contributed by atoms with Gasteiger partial charge in [0.1, 0.15) is 0 Å². The number of rotatable bonds is 7. The van der Waals surface area contributed by atoms with Gasteiger partial charge in [-0.15, -0.1) is 10.2 Å². The van der Waals surface area contributed by atoms with Gasteiger partial charge in [0.15, 0.2) is 8.68 Å². The molecule has 1 aliphatic heterocycles. The Morgan fingerprint density at radius 3 is 2.32 bits per heavy atom. The molecule has 1 fully saturated rings. The Balaban J connectivity index is 1.45. The van der Waals surface area contributed by atoms with Crippen LogP contribution in [0.4, 0.5) is 0 Å². The Kier molecular flexibility index (Phi) is 7.83. The van der Waals surface area contributed by atoms with E-state index in [0.29, 0.717) is 23.5 Å². The molecule has 2 unspecified atom stereocenters. The van der Waals surface area contributed by atoms with Crippen molar-refractivity contribution in [2.24, 2.45) is 11.8 Å². The maximum atomic E-state index is 12.5. The minimum absolute atomic E-state index is 0.220. The molecule has 2 heterocycles. The lowest BCUT2D eigenvalue weighted by Crippen LogP contribution is -2.43. The van der Waals surface area contributed by atoms with Crippen molar-refractivity contribution in [2.75, 3.05) is 18.8 Å². The van der Waals surface area contributed by atoms with Crippen LogP contribution in [0.3, 0.4) is 0 Å². The smallest absolute Gasteiger partial charge is 0.233 e. The summed E-state index contributed by atoms with van der Waals surface area (Å²) in [5.41, 5.74) is 2.66. The van der Waals surface area contributed by atoms with Crippen LogP contribution in [0.1, 0.15) is 51.2 Å². The van der Waals surface area contributed by atoms with E-state index in [1.165, 1.54) is 29.3 Å². The molecule has 0 spiro atoms. The lowest BCUT2D eigenvalue weighted by Gasteiger charge is -2.34. The number of likely N-dealkylation sites (tertiary alicyclic amines) is 1. The van der Waals surface area contributed by atoms with Gasteiger partial charge in [0.2, 0.25) is 5.91 Å². The number of hydrogen-bond donors (Lipinski definition) is 0. The van der Waals surface area contributed by atoms with Crippen molar-refractivity contribution < 1.29 is 4.79 Å².